The SMILES string of the molecule is Cc1nc(Cn2nnnc2SCC(=O)O)oc1C. The number of hydrogen-bond acceptors (Lipinski definition) is 7. The largest absolute Gasteiger partial charge is 0.481 e. The van der Waals surface area contributed by atoms with Crippen LogP contribution in [0.2, 0.25) is 0 Å². The predicted octanol–water partition coefficient (Wildman–Crippen LogP) is 0.503. The fourth-order valence-electron chi connectivity index (χ4n) is 1.26. The number of carbonyl (C=O) groups is 1. The quantitative estimate of drug-likeness (QED) is 0.782. The second kappa shape index (κ2) is 5.17. The Hall–Kier alpha value is -1.90. The van der Waals surface area contributed by atoms with Crippen LogP contribution in [0, 0.1) is 13.8 Å². The van der Waals surface area contributed by atoms with Crippen LogP contribution in [0.4, 0.5) is 0 Å². The molecule has 8 nitrogen and oxygen atoms in total. The lowest BCUT2D eigenvalue weighted by molar-refractivity contribution is -0.133. The number of carboxylic acids is 1. The van der Waals surface area contributed by atoms with Crippen LogP contribution in [0.1, 0.15) is 17.3 Å². The lowest BCUT2D eigenvalue weighted by Gasteiger charge is -1.99. The van der Waals surface area contributed by atoms with E-state index in [1.807, 2.05) is 13.8 Å². The molecular weight excluding hydrogens is 258 g/mol. The Kier molecular flexibility index (Phi) is 3.60. The van der Waals surface area contributed by atoms with Crippen LogP contribution < -0.4 is 0 Å². The molecule has 18 heavy (non-hydrogen) atoms. The van der Waals surface area contributed by atoms with Crippen LogP contribution >= 0.6 is 11.8 Å². The molecule has 2 heterocycles. The van der Waals surface area contributed by atoms with Crippen LogP contribution in [-0.4, -0.2) is 42.0 Å². The highest BCUT2D eigenvalue weighted by atomic mass is 32.2. The number of hydrogen-bond donors (Lipinski definition) is 1. The molecule has 0 bridgehead atoms. The molecule has 0 aliphatic rings. The first-order valence-electron chi connectivity index (χ1n) is 5.10. The number of oxazole rings is 1. The third-order valence-corrected chi connectivity index (χ3v) is 3.12. The van der Waals surface area contributed by atoms with Crippen LogP contribution in [-0.2, 0) is 11.3 Å². The van der Waals surface area contributed by atoms with Crippen molar-refractivity contribution in [3.05, 3.63) is 17.3 Å². The maximum atomic E-state index is 10.5. The summed E-state index contributed by atoms with van der Waals surface area (Å²) in [5.74, 6) is 0.231. The van der Waals surface area contributed by atoms with Crippen molar-refractivity contribution in [3.8, 4) is 0 Å². The summed E-state index contributed by atoms with van der Waals surface area (Å²) in [5, 5.41) is 20.0. The van der Waals surface area contributed by atoms with E-state index >= 15 is 0 Å². The Labute approximate surface area is 106 Å². The highest BCUT2D eigenvalue weighted by Crippen LogP contribution is 2.15. The van der Waals surface area contributed by atoms with Crippen LogP contribution in [0.5, 0.6) is 0 Å². The van der Waals surface area contributed by atoms with E-state index in [0.29, 0.717) is 11.0 Å². The summed E-state index contributed by atoms with van der Waals surface area (Å²) >= 11 is 1.05. The van der Waals surface area contributed by atoms with E-state index < -0.39 is 5.97 Å². The molecule has 2 aromatic heterocycles. The Balaban J connectivity index is 2.09. The number of thioether (sulfide) groups is 1. The predicted molar refractivity (Wildman–Crippen MR) is 61.3 cm³/mol. The van der Waals surface area contributed by atoms with Gasteiger partial charge >= 0.3 is 5.97 Å². The molecule has 0 saturated heterocycles. The first-order valence-corrected chi connectivity index (χ1v) is 6.08. The normalized spacial score (nSPS) is 10.8. The van der Waals surface area contributed by atoms with Crippen LogP contribution in [0.15, 0.2) is 9.57 Å². The van der Waals surface area contributed by atoms with Gasteiger partial charge < -0.3 is 9.52 Å². The molecule has 0 amide bonds. The number of aliphatic carboxylic acids is 1. The summed E-state index contributed by atoms with van der Waals surface area (Å²) in [6.07, 6.45) is 0. The van der Waals surface area contributed by atoms with Crippen molar-refractivity contribution in [2.24, 2.45) is 0 Å². The minimum absolute atomic E-state index is 0.0932. The first kappa shape index (κ1) is 12.6. The molecule has 96 valence electrons. The molecule has 0 unspecified atom stereocenters. The number of aromatic nitrogens is 5. The number of carboxylic acid groups (broad SMARTS) is 1. The Morgan fingerprint density at radius 2 is 2.28 bits per heavy atom. The van der Waals surface area contributed by atoms with Crippen molar-refractivity contribution in [3.63, 3.8) is 0 Å². The molecule has 0 aliphatic heterocycles. The van der Waals surface area contributed by atoms with Gasteiger partial charge in [0.15, 0.2) is 0 Å². The Bertz CT molecular complexity index is 545. The fourth-order valence-corrected chi connectivity index (χ4v) is 1.86. The van der Waals surface area contributed by atoms with Gasteiger partial charge in [0.25, 0.3) is 0 Å². The van der Waals surface area contributed by atoms with Gasteiger partial charge in [-0.25, -0.2) is 9.67 Å². The first-order chi connectivity index (χ1) is 8.56. The molecular formula is C9H11N5O3S. The maximum Gasteiger partial charge on any atom is 0.313 e. The zero-order chi connectivity index (χ0) is 13.1. The van der Waals surface area contributed by atoms with Gasteiger partial charge in [-0.3, -0.25) is 4.79 Å². The monoisotopic (exact) mass is 269 g/mol. The minimum Gasteiger partial charge on any atom is -0.481 e. The highest BCUT2D eigenvalue weighted by Gasteiger charge is 2.13. The minimum atomic E-state index is -0.919. The van der Waals surface area contributed by atoms with Gasteiger partial charge in [-0.05, 0) is 24.3 Å². The number of nitrogens with zero attached hydrogens (tertiary/aromatic N) is 5. The Morgan fingerprint density at radius 3 is 2.89 bits per heavy atom. The summed E-state index contributed by atoms with van der Waals surface area (Å²) in [5.41, 5.74) is 0.817. The van der Waals surface area contributed by atoms with Gasteiger partial charge in [0.1, 0.15) is 12.3 Å². The molecule has 0 saturated carbocycles. The van der Waals surface area contributed by atoms with E-state index in [0.717, 1.165) is 23.2 Å². The molecule has 0 radical (unpaired) electrons. The third-order valence-electron chi connectivity index (χ3n) is 2.18. The van der Waals surface area contributed by atoms with Crippen molar-refractivity contribution in [1.82, 2.24) is 25.2 Å². The standard InChI is InChI=1S/C9H11N5O3S/c1-5-6(2)17-7(10-5)3-14-9(11-12-13-14)18-4-8(15)16/h3-4H2,1-2H3,(H,15,16). The van der Waals surface area contributed by atoms with Crippen molar-refractivity contribution in [2.45, 2.75) is 25.5 Å². The smallest absolute Gasteiger partial charge is 0.313 e. The van der Waals surface area contributed by atoms with Gasteiger partial charge in [-0.1, -0.05) is 11.8 Å². The topological polar surface area (TPSA) is 107 Å². The van der Waals surface area contributed by atoms with Gasteiger partial charge in [-0.15, -0.1) is 5.10 Å². The molecule has 0 aliphatic carbocycles. The number of aryl methyl sites for hydroxylation is 2. The molecule has 2 aromatic rings. The molecule has 0 spiro atoms. The highest BCUT2D eigenvalue weighted by molar-refractivity contribution is 7.99. The molecule has 1 N–H and O–H groups in total. The fraction of sp³-hybridized carbons (Fsp3) is 0.444. The third kappa shape index (κ3) is 2.86. The second-order valence-corrected chi connectivity index (χ2v) is 4.49. The van der Waals surface area contributed by atoms with E-state index in [1.54, 1.807) is 0 Å². The average Bonchev–Trinajstić information content (AvgIpc) is 2.85. The summed E-state index contributed by atoms with van der Waals surface area (Å²) in [6, 6.07) is 0. The second-order valence-electron chi connectivity index (χ2n) is 3.55. The van der Waals surface area contributed by atoms with E-state index in [-0.39, 0.29) is 12.3 Å². The lowest BCUT2D eigenvalue weighted by atomic mass is 10.4. The number of rotatable bonds is 5. The van der Waals surface area contributed by atoms with E-state index in [2.05, 4.69) is 20.5 Å². The van der Waals surface area contributed by atoms with Gasteiger partial charge in [-0.2, -0.15) is 0 Å². The molecule has 0 atom stereocenters. The molecule has 0 fully saturated rings. The van der Waals surface area contributed by atoms with Gasteiger partial charge in [0, 0.05) is 0 Å². The van der Waals surface area contributed by atoms with Crippen LogP contribution in [0.3, 0.4) is 0 Å². The zero-order valence-corrected chi connectivity index (χ0v) is 10.6. The summed E-state index contributed by atoms with van der Waals surface area (Å²) in [7, 11) is 0. The average molecular weight is 269 g/mol. The molecule has 2 rings (SSSR count). The van der Waals surface area contributed by atoms with Crippen LogP contribution in [0.25, 0.3) is 0 Å². The number of tetrazole rings is 1. The van der Waals surface area contributed by atoms with Crippen molar-refractivity contribution in [2.75, 3.05) is 5.75 Å². The van der Waals surface area contributed by atoms with E-state index in [4.69, 9.17) is 9.52 Å². The summed E-state index contributed by atoms with van der Waals surface area (Å²) in [4.78, 5) is 14.7. The van der Waals surface area contributed by atoms with Crippen molar-refractivity contribution >= 4 is 17.7 Å². The van der Waals surface area contributed by atoms with Gasteiger partial charge in [0.05, 0.1) is 11.4 Å². The van der Waals surface area contributed by atoms with Gasteiger partial charge in [0.2, 0.25) is 11.0 Å². The maximum absolute atomic E-state index is 10.5. The molecule has 0 aromatic carbocycles. The van der Waals surface area contributed by atoms with Crippen molar-refractivity contribution < 1.29 is 14.3 Å². The lowest BCUT2D eigenvalue weighted by Crippen LogP contribution is -2.06. The van der Waals surface area contributed by atoms with E-state index in [1.165, 1.54) is 4.68 Å². The summed E-state index contributed by atoms with van der Waals surface area (Å²) in [6.45, 7) is 3.96. The van der Waals surface area contributed by atoms with E-state index in [9.17, 15) is 4.79 Å². The Morgan fingerprint density at radius 1 is 1.50 bits per heavy atom. The summed E-state index contributed by atoms with van der Waals surface area (Å²) < 4.78 is 6.87. The van der Waals surface area contributed by atoms with Crippen molar-refractivity contribution in [1.29, 1.82) is 0 Å². The zero-order valence-electron chi connectivity index (χ0n) is 9.82. The molecule has 9 heteroatoms.